The Bertz CT molecular complexity index is 455. The summed E-state index contributed by atoms with van der Waals surface area (Å²) in [6.45, 7) is 0.202. The van der Waals surface area contributed by atoms with Gasteiger partial charge in [0.25, 0.3) is 0 Å². The minimum atomic E-state index is -3.29. The molecule has 0 bridgehead atoms. The van der Waals surface area contributed by atoms with Gasteiger partial charge in [0.15, 0.2) is 0 Å². The van der Waals surface area contributed by atoms with Crippen molar-refractivity contribution in [2.75, 3.05) is 26.5 Å². The first-order chi connectivity index (χ1) is 8.49. The van der Waals surface area contributed by atoms with Crippen LogP contribution in [0, 0.1) is 0 Å². The van der Waals surface area contributed by atoms with E-state index in [9.17, 15) is 8.42 Å². The van der Waals surface area contributed by atoms with Crippen LogP contribution in [0.5, 0.6) is 5.75 Å². The van der Waals surface area contributed by atoms with E-state index in [4.69, 9.17) is 9.84 Å². The lowest BCUT2D eigenvalue weighted by atomic mass is 10.2. The molecule has 18 heavy (non-hydrogen) atoms. The van der Waals surface area contributed by atoms with Gasteiger partial charge in [-0.25, -0.2) is 12.7 Å². The molecular formula is C12H19NO4S. The molecule has 5 nitrogen and oxygen atoms in total. The van der Waals surface area contributed by atoms with Gasteiger partial charge in [-0.1, -0.05) is 12.1 Å². The number of hydrogen-bond donors (Lipinski definition) is 1. The zero-order chi connectivity index (χ0) is 13.6. The molecule has 0 heterocycles. The number of benzene rings is 1. The SMILES string of the molecule is COc1ccc(CN(C)S(=O)(=O)CCCO)cc1. The Balaban J connectivity index is 2.65. The predicted octanol–water partition coefficient (Wildman–Crippen LogP) is 0.839. The van der Waals surface area contributed by atoms with Crippen molar-refractivity contribution in [3.8, 4) is 5.75 Å². The average Bonchev–Trinajstić information content (AvgIpc) is 2.37. The van der Waals surface area contributed by atoms with Gasteiger partial charge in [0, 0.05) is 20.2 Å². The molecule has 0 fully saturated rings. The molecule has 0 spiro atoms. The number of nitrogens with zero attached hydrogens (tertiary/aromatic N) is 1. The van der Waals surface area contributed by atoms with Gasteiger partial charge in [0.05, 0.1) is 12.9 Å². The Hall–Kier alpha value is -1.11. The Morgan fingerprint density at radius 2 is 1.89 bits per heavy atom. The monoisotopic (exact) mass is 273 g/mol. The normalized spacial score (nSPS) is 11.8. The fourth-order valence-corrected chi connectivity index (χ4v) is 2.64. The van der Waals surface area contributed by atoms with Crippen molar-refractivity contribution >= 4 is 10.0 Å². The molecule has 1 aromatic rings. The lowest BCUT2D eigenvalue weighted by molar-refractivity contribution is 0.294. The van der Waals surface area contributed by atoms with E-state index in [0.717, 1.165) is 11.3 Å². The van der Waals surface area contributed by atoms with Gasteiger partial charge in [-0.3, -0.25) is 0 Å². The summed E-state index contributed by atoms with van der Waals surface area (Å²) >= 11 is 0. The first-order valence-electron chi connectivity index (χ1n) is 5.67. The largest absolute Gasteiger partial charge is 0.497 e. The molecule has 0 unspecified atom stereocenters. The summed E-state index contributed by atoms with van der Waals surface area (Å²) in [6, 6.07) is 7.25. The lowest BCUT2D eigenvalue weighted by Crippen LogP contribution is -2.29. The highest BCUT2D eigenvalue weighted by atomic mass is 32.2. The zero-order valence-electron chi connectivity index (χ0n) is 10.7. The van der Waals surface area contributed by atoms with Crippen LogP contribution in [0.4, 0.5) is 0 Å². The maximum Gasteiger partial charge on any atom is 0.214 e. The number of hydrogen-bond acceptors (Lipinski definition) is 4. The number of aliphatic hydroxyl groups excluding tert-OH is 1. The van der Waals surface area contributed by atoms with E-state index in [-0.39, 0.29) is 18.8 Å². The van der Waals surface area contributed by atoms with Crippen molar-refractivity contribution in [3.63, 3.8) is 0 Å². The molecule has 6 heteroatoms. The van der Waals surface area contributed by atoms with Gasteiger partial charge in [-0.15, -0.1) is 0 Å². The summed E-state index contributed by atoms with van der Waals surface area (Å²) in [4.78, 5) is 0. The minimum absolute atomic E-state index is 0.0316. The Morgan fingerprint density at radius 1 is 1.28 bits per heavy atom. The fourth-order valence-electron chi connectivity index (χ4n) is 1.49. The highest BCUT2D eigenvalue weighted by Crippen LogP contribution is 2.14. The van der Waals surface area contributed by atoms with E-state index >= 15 is 0 Å². The van der Waals surface area contributed by atoms with Crippen LogP contribution in [-0.2, 0) is 16.6 Å². The van der Waals surface area contributed by atoms with Crippen molar-refractivity contribution in [1.29, 1.82) is 0 Å². The maximum atomic E-state index is 11.8. The van der Waals surface area contributed by atoms with Gasteiger partial charge < -0.3 is 9.84 Å². The quantitative estimate of drug-likeness (QED) is 0.799. The lowest BCUT2D eigenvalue weighted by Gasteiger charge is -2.17. The van der Waals surface area contributed by atoms with Crippen molar-refractivity contribution < 1.29 is 18.3 Å². The Labute approximate surface area is 108 Å². The molecule has 0 saturated carbocycles. The summed E-state index contributed by atoms with van der Waals surface area (Å²) in [5, 5.41) is 8.66. The van der Waals surface area contributed by atoms with Crippen LogP contribution in [-0.4, -0.2) is 44.3 Å². The molecule has 0 aliphatic heterocycles. The second-order valence-electron chi connectivity index (χ2n) is 4.00. The molecule has 0 radical (unpaired) electrons. The third-order valence-electron chi connectivity index (χ3n) is 2.60. The molecule has 0 aliphatic rings. The molecule has 0 amide bonds. The third kappa shape index (κ3) is 4.29. The molecule has 102 valence electrons. The predicted molar refractivity (Wildman–Crippen MR) is 70.0 cm³/mol. The smallest absolute Gasteiger partial charge is 0.214 e. The van der Waals surface area contributed by atoms with Crippen LogP contribution >= 0.6 is 0 Å². The van der Waals surface area contributed by atoms with Crippen LogP contribution in [0.1, 0.15) is 12.0 Å². The van der Waals surface area contributed by atoms with Crippen LogP contribution in [0.3, 0.4) is 0 Å². The molecule has 0 aromatic heterocycles. The van der Waals surface area contributed by atoms with Crippen molar-refractivity contribution in [3.05, 3.63) is 29.8 Å². The first-order valence-corrected chi connectivity index (χ1v) is 7.28. The van der Waals surface area contributed by atoms with Gasteiger partial charge in [-0.2, -0.15) is 0 Å². The summed E-state index contributed by atoms with van der Waals surface area (Å²) in [7, 11) is -0.172. The number of rotatable bonds is 7. The first kappa shape index (κ1) is 14.9. The van der Waals surface area contributed by atoms with Gasteiger partial charge in [-0.05, 0) is 24.1 Å². The number of ether oxygens (including phenoxy) is 1. The molecule has 1 N–H and O–H groups in total. The molecular weight excluding hydrogens is 254 g/mol. The minimum Gasteiger partial charge on any atom is -0.497 e. The highest BCUT2D eigenvalue weighted by molar-refractivity contribution is 7.89. The fraction of sp³-hybridized carbons (Fsp3) is 0.500. The van der Waals surface area contributed by atoms with Crippen LogP contribution in [0.25, 0.3) is 0 Å². The molecule has 1 aromatic carbocycles. The number of aliphatic hydroxyl groups is 1. The van der Waals surface area contributed by atoms with Crippen LogP contribution in [0.15, 0.2) is 24.3 Å². The Kier molecular flexibility index (Phi) is 5.58. The van der Waals surface area contributed by atoms with E-state index < -0.39 is 10.0 Å². The number of sulfonamides is 1. The van der Waals surface area contributed by atoms with E-state index in [2.05, 4.69) is 0 Å². The Morgan fingerprint density at radius 3 is 2.39 bits per heavy atom. The van der Waals surface area contributed by atoms with Gasteiger partial charge in [0.2, 0.25) is 10.0 Å². The molecule has 0 saturated heterocycles. The van der Waals surface area contributed by atoms with Crippen molar-refractivity contribution in [2.24, 2.45) is 0 Å². The van der Waals surface area contributed by atoms with E-state index in [1.807, 2.05) is 12.1 Å². The second-order valence-corrected chi connectivity index (χ2v) is 6.19. The summed E-state index contributed by atoms with van der Waals surface area (Å²) in [6.07, 6.45) is 0.259. The van der Waals surface area contributed by atoms with Crippen molar-refractivity contribution in [2.45, 2.75) is 13.0 Å². The molecule has 0 aliphatic carbocycles. The highest BCUT2D eigenvalue weighted by Gasteiger charge is 2.17. The van der Waals surface area contributed by atoms with Crippen LogP contribution < -0.4 is 4.74 Å². The summed E-state index contributed by atoms with van der Waals surface area (Å²) in [5.41, 5.74) is 0.894. The van der Waals surface area contributed by atoms with Crippen LogP contribution in [0.2, 0.25) is 0 Å². The zero-order valence-corrected chi connectivity index (χ0v) is 11.5. The number of methoxy groups -OCH3 is 1. The van der Waals surface area contributed by atoms with Crippen molar-refractivity contribution in [1.82, 2.24) is 4.31 Å². The standard InChI is InChI=1S/C12H19NO4S/c1-13(18(15,16)9-3-8-14)10-11-4-6-12(17-2)7-5-11/h4-7,14H,3,8-10H2,1-2H3. The summed E-state index contributed by atoms with van der Waals surface area (Å²) < 4.78 is 29.9. The second kappa shape index (κ2) is 6.72. The van der Waals surface area contributed by atoms with E-state index in [0.29, 0.717) is 6.54 Å². The third-order valence-corrected chi connectivity index (χ3v) is 4.48. The average molecular weight is 273 g/mol. The van der Waals surface area contributed by atoms with E-state index in [1.165, 1.54) is 11.4 Å². The molecule has 0 atom stereocenters. The van der Waals surface area contributed by atoms with E-state index in [1.54, 1.807) is 19.2 Å². The summed E-state index contributed by atoms with van der Waals surface area (Å²) in [5.74, 6) is 0.709. The molecule has 1 rings (SSSR count). The van der Waals surface area contributed by atoms with Gasteiger partial charge in [0.1, 0.15) is 5.75 Å². The maximum absolute atomic E-state index is 11.8. The van der Waals surface area contributed by atoms with Gasteiger partial charge >= 0.3 is 0 Å². The topological polar surface area (TPSA) is 66.8 Å².